The highest BCUT2D eigenvalue weighted by atomic mass is 16.5. The number of nitrogens with one attached hydrogen (secondary N) is 2. The molecule has 2 N–H and O–H groups in total. The maximum atomic E-state index is 12.4. The fourth-order valence-electron chi connectivity index (χ4n) is 2.26. The van der Waals surface area contributed by atoms with Gasteiger partial charge in [0, 0.05) is 25.4 Å². The third-order valence-corrected chi connectivity index (χ3v) is 3.17. The molecule has 0 radical (unpaired) electrons. The third kappa shape index (κ3) is 2.50. The lowest BCUT2D eigenvalue weighted by Gasteiger charge is -2.16. The molecule has 0 saturated carbocycles. The number of rotatable bonds is 2. The van der Waals surface area contributed by atoms with Crippen molar-refractivity contribution in [3.05, 3.63) is 42.2 Å². The van der Waals surface area contributed by atoms with E-state index >= 15 is 0 Å². The number of hydrogen-bond acceptors (Lipinski definition) is 4. The van der Waals surface area contributed by atoms with E-state index in [1.54, 1.807) is 17.1 Å². The van der Waals surface area contributed by atoms with Crippen molar-refractivity contribution in [2.24, 2.45) is 7.05 Å². The van der Waals surface area contributed by atoms with Crippen LogP contribution in [0.2, 0.25) is 0 Å². The van der Waals surface area contributed by atoms with Gasteiger partial charge in [-0.3, -0.25) is 14.8 Å². The zero-order chi connectivity index (χ0) is 13.9. The number of fused-ring (bicyclic) bond motifs is 1. The van der Waals surface area contributed by atoms with Gasteiger partial charge in [-0.25, -0.2) is 0 Å². The van der Waals surface area contributed by atoms with Crippen LogP contribution in [0, 0.1) is 0 Å². The van der Waals surface area contributed by atoms with Gasteiger partial charge in [-0.2, -0.15) is 5.10 Å². The summed E-state index contributed by atoms with van der Waals surface area (Å²) in [5, 5.41) is 10.1. The largest absolute Gasteiger partial charge is 0.492 e. The smallest absolute Gasteiger partial charge is 0.246 e. The molecule has 2 aromatic rings. The molecule has 1 aromatic carbocycles. The van der Waals surface area contributed by atoms with Crippen LogP contribution in [0.3, 0.4) is 0 Å². The minimum absolute atomic E-state index is 0.115. The van der Waals surface area contributed by atoms with Crippen LogP contribution >= 0.6 is 0 Å². The molecule has 0 bridgehead atoms. The lowest BCUT2D eigenvalue weighted by molar-refractivity contribution is -0.118. The molecular formula is C14H16N4O2. The Morgan fingerprint density at radius 1 is 1.50 bits per heavy atom. The van der Waals surface area contributed by atoms with Gasteiger partial charge < -0.3 is 10.1 Å². The first kappa shape index (κ1) is 12.7. The summed E-state index contributed by atoms with van der Waals surface area (Å²) < 4.78 is 7.27. The minimum atomic E-state index is -0.422. The second kappa shape index (κ2) is 5.34. The zero-order valence-electron chi connectivity index (χ0n) is 11.2. The minimum Gasteiger partial charge on any atom is -0.492 e. The van der Waals surface area contributed by atoms with E-state index in [4.69, 9.17) is 4.74 Å². The van der Waals surface area contributed by atoms with E-state index < -0.39 is 6.04 Å². The molecule has 20 heavy (non-hydrogen) atoms. The first-order chi connectivity index (χ1) is 9.74. The normalized spacial score (nSPS) is 17.8. The van der Waals surface area contributed by atoms with Crippen LogP contribution in [0.1, 0.15) is 11.6 Å². The third-order valence-electron chi connectivity index (χ3n) is 3.17. The summed E-state index contributed by atoms with van der Waals surface area (Å²) in [6.07, 6.45) is 3.38. The second-order valence-electron chi connectivity index (χ2n) is 4.67. The SMILES string of the molecule is Cn1cc(NC(=O)C2NCCOc3ccccc32)cn1. The number of ether oxygens (including phenoxy) is 1. The van der Waals surface area contributed by atoms with Crippen molar-refractivity contribution in [2.45, 2.75) is 6.04 Å². The summed E-state index contributed by atoms with van der Waals surface area (Å²) in [6, 6.07) is 7.17. The van der Waals surface area contributed by atoms with Crippen LogP contribution in [0.4, 0.5) is 5.69 Å². The van der Waals surface area contributed by atoms with E-state index in [1.165, 1.54) is 0 Å². The van der Waals surface area contributed by atoms with Crippen LogP contribution < -0.4 is 15.4 Å². The van der Waals surface area contributed by atoms with Gasteiger partial charge in [0.1, 0.15) is 18.4 Å². The highest BCUT2D eigenvalue weighted by Gasteiger charge is 2.25. The van der Waals surface area contributed by atoms with E-state index in [-0.39, 0.29) is 5.91 Å². The number of hydrogen-bond donors (Lipinski definition) is 2. The summed E-state index contributed by atoms with van der Waals surface area (Å²) in [6.45, 7) is 1.17. The summed E-state index contributed by atoms with van der Waals surface area (Å²) in [5.41, 5.74) is 1.54. The van der Waals surface area contributed by atoms with Crippen molar-refractivity contribution in [3.63, 3.8) is 0 Å². The number of benzene rings is 1. The molecular weight excluding hydrogens is 256 g/mol. The Balaban J connectivity index is 1.83. The molecule has 2 heterocycles. The molecule has 1 atom stereocenters. The monoisotopic (exact) mass is 272 g/mol. The van der Waals surface area contributed by atoms with Crippen molar-refractivity contribution in [2.75, 3.05) is 18.5 Å². The number of carbonyl (C=O) groups is 1. The number of anilines is 1. The Hall–Kier alpha value is -2.34. The standard InChI is InChI=1S/C14H16N4O2/c1-18-9-10(8-16-18)17-14(19)13-11-4-2-3-5-12(11)20-7-6-15-13/h2-5,8-9,13,15H,6-7H2,1H3,(H,17,19). The van der Waals surface area contributed by atoms with E-state index in [9.17, 15) is 4.79 Å². The summed E-state index contributed by atoms with van der Waals surface area (Å²) in [4.78, 5) is 12.4. The molecule has 6 heteroatoms. The van der Waals surface area contributed by atoms with Crippen molar-refractivity contribution < 1.29 is 9.53 Å². The number of nitrogens with zero attached hydrogens (tertiary/aromatic N) is 2. The van der Waals surface area contributed by atoms with Gasteiger partial charge in [-0.1, -0.05) is 18.2 Å². The average Bonchev–Trinajstić information content (AvgIpc) is 2.74. The van der Waals surface area contributed by atoms with Crippen LogP contribution in [-0.2, 0) is 11.8 Å². The summed E-state index contributed by atoms with van der Waals surface area (Å²) in [5.74, 6) is 0.639. The van der Waals surface area contributed by atoms with E-state index in [1.807, 2.05) is 31.3 Å². The van der Waals surface area contributed by atoms with Gasteiger partial charge in [0.2, 0.25) is 5.91 Å². The number of amides is 1. The van der Waals surface area contributed by atoms with Gasteiger partial charge >= 0.3 is 0 Å². The second-order valence-corrected chi connectivity index (χ2v) is 4.67. The van der Waals surface area contributed by atoms with Crippen LogP contribution in [0.25, 0.3) is 0 Å². The summed E-state index contributed by atoms with van der Waals surface area (Å²) in [7, 11) is 1.81. The molecule has 1 unspecified atom stereocenters. The van der Waals surface area contributed by atoms with Crippen molar-refractivity contribution >= 4 is 11.6 Å². The van der Waals surface area contributed by atoms with E-state index in [0.29, 0.717) is 18.8 Å². The molecule has 0 spiro atoms. The molecule has 1 aromatic heterocycles. The maximum absolute atomic E-state index is 12.4. The number of carbonyl (C=O) groups excluding carboxylic acids is 1. The number of aromatic nitrogens is 2. The Bertz CT molecular complexity index is 623. The van der Waals surface area contributed by atoms with E-state index in [0.717, 1.165) is 11.3 Å². The van der Waals surface area contributed by atoms with Crippen molar-refractivity contribution in [1.82, 2.24) is 15.1 Å². The average molecular weight is 272 g/mol. The predicted octanol–water partition coefficient (Wildman–Crippen LogP) is 1.08. The number of para-hydroxylation sites is 1. The topological polar surface area (TPSA) is 68.2 Å². The van der Waals surface area contributed by atoms with Gasteiger partial charge in [0.05, 0.1) is 11.9 Å². The van der Waals surface area contributed by atoms with Gasteiger partial charge in [-0.15, -0.1) is 0 Å². The number of aryl methyl sites for hydroxylation is 1. The molecule has 3 rings (SSSR count). The molecule has 1 aliphatic rings. The first-order valence-corrected chi connectivity index (χ1v) is 6.48. The lowest BCUT2D eigenvalue weighted by Crippen LogP contribution is -2.33. The fraction of sp³-hybridized carbons (Fsp3) is 0.286. The predicted molar refractivity (Wildman–Crippen MR) is 74.5 cm³/mol. The van der Waals surface area contributed by atoms with E-state index in [2.05, 4.69) is 15.7 Å². The highest BCUT2D eigenvalue weighted by molar-refractivity contribution is 5.95. The Labute approximate surface area is 116 Å². The molecule has 1 amide bonds. The molecule has 0 saturated heterocycles. The summed E-state index contributed by atoms with van der Waals surface area (Å²) >= 11 is 0. The Morgan fingerprint density at radius 2 is 2.35 bits per heavy atom. The lowest BCUT2D eigenvalue weighted by atomic mass is 10.1. The quantitative estimate of drug-likeness (QED) is 0.858. The fourth-order valence-corrected chi connectivity index (χ4v) is 2.26. The molecule has 0 fully saturated rings. The Morgan fingerprint density at radius 3 is 3.15 bits per heavy atom. The van der Waals surface area contributed by atoms with Gasteiger partial charge in [0.15, 0.2) is 0 Å². The highest BCUT2D eigenvalue weighted by Crippen LogP contribution is 2.27. The van der Waals surface area contributed by atoms with Crippen LogP contribution in [-0.4, -0.2) is 28.8 Å². The molecule has 6 nitrogen and oxygen atoms in total. The zero-order valence-corrected chi connectivity index (χ0v) is 11.2. The Kier molecular flexibility index (Phi) is 3.39. The first-order valence-electron chi connectivity index (χ1n) is 6.48. The molecule has 104 valence electrons. The maximum Gasteiger partial charge on any atom is 0.246 e. The van der Waals surface area contributed by atoms with Gasteiger partial charge in [0.25, 0.3) is 0 Å². The van der Waals surface area contributed by atoms with Crippen LogP contribution in [0.15, 0.2) is 36.7 Å². The van der Waals surface area contributed by atoms with Crippen molar-refractivity contribution in [3.8, 4) is 5.75 Å². The molecule has 1 aliphatic heterocycles. The van der Waals surface area contributed by atoms with Crippen molar-refractivity contribution in [1.29, 1.82) is 0 Å². The van der Waals surface area contributed by atoms with Crippen LogP contribution in [0.5, 0.6) is 5.75 Å². The van der Waals surface area contributed by atoms with Gasteiger partial charge in [-0.05, 0) is 6.07 Å². The molecule has 0 aliphatic carbocycles.